The van der Waals surface area contributed by atoms with E-state index in [9.17, 15) is 13.2 Å². The Morgan fingerprint density at radius 3 is 2.37 bits per heavy atom. The van der Waals surface area contributed by atoms with E-state index in [-0.39, 0.29) is 8.41 Å². The van der Waals surface area contributed by atoms with Gasteiger partial charge in [0, 0.05) is 15.0 Å². The summed E-state index contributed by atoms with van der Waals surface area (Å²) in [6.07, 6.45) is 7.20. The van der Waals surface area contributed by atoms with E-state index >= 15 is 0 Å². The maximum Gasteiger partial charge on any atom is 0.251 e. The van der Waals surface area contributed by atoms with Crippen molar-refractivity contribution in [2.45, 2.75) is 45.4 Å². The van der Waals surface area contributed by atoms with Gasteiger partial charge in [-0.1, -0.05) is 39.0 Å². The number of nitrogens with one attached hydrogen (secondary N) is 1. The number of anilines is 1. The van der Waals surface area contributed by atoms with Crippen LogP contribution in [0, 0.1) is 17.6 Å². The molecule has 3 radical (unpaired) electrons. The van der Waals surface area contributed by atoms with E-state index < -0.39 is 23.3 Å². The first-order chi connectivity index (χ1) is 8.66. The van der Waals surface area contributed by atoms with Crippen LogP contribution in [0.25, 0.3) is 0 Å². The van der Waals surface area contributed by atoms with Gasteiger partial charge in [0.15, 0.2) is 5.82 Å². The van der Waals surface area contributed by atoms with Crippen molar-refractivity contribution in [3.63, 3.8) is 0 Å². The van der Waals surface area contributed by atoms with E-state index in [4.69, 9.17) is 0 Å². The summed E-state index contributed by atoms with van der Waals surface area (Å²) < 4.78 is 39.2. The van der Waals surface area contributed by atoms with Crippen molar-refractivity contribution in [1.82, 2.24) is 4.98 Å². The lowest BCUT2D eigenvalue weighted by molar-refractivity contribution is 0.467. The number of hydrogen-bond acceptors (Lipinski definition) is 2. The van der Waals surface area contributed by atoms with Crippen LogP contribution in [0.1, 0.15) is 45.4 Å². The van der Waals surface area contributed by atoms with Crippen LogP contribution in [0.15, 0.2) is 6.20 Å². The minimum absolute atomic E-state index is 0. The highest BCUT2D eigenvalue weighted by atomic mass is 19.2. The van der Waals surface area contributed by atoms with Crippen molar-refractivity contribution in [2.75, 3.05) is 11.9 Å². The number of rotatable bonds is 8. The van der Waals surface area contributed by atoms with E-state index in [2.05, 4.69) is 17.2 Å². The number of pyridine rings is 1. The molecule has 0 saturated heterocycles. The van der Waals surface area contributed by atoms with Crippen molar-refractivity contribution in [2.24, 2.45) is 0 Å². The first kappa shape index (κ1) is 17.8. The second-order valence-corrected chi connectivity index (χ2v) is 4.28. The smallest absolute Gasteiger partial charge is 0.251 e. The molecule has 0 spiro atoms. The van der Waals surface area contributed by atoms with Crippen LogP contribution in [0.2, 0.25) is 0 Å². The van der Waals surface area contributed by atoms with E-state index in [0.717, 1.165) is 19.3 Å². The van der Waals surface area contributed by atoms with E-state index in [1.807, 2.05) is 0 Å². The number of unbranched alkanes of at least 4 members (excludes halogenated alkanes) is 5. The van der Waals surface area contributed by atoms with Gasteiger partial charge in [-0.3, -0.25) is 0 Å². The van der Waals surface area contributed by atoms with Gasteiger partial charge in [-0.05, 0) is 6.42 Å². The molecule has 0 aliphatic heterocycles. The zero-order valence-corrected chi connectivity index (χ0v) is 11.2. The summed E-state index contributed by atoms with van der Waals surface area (Å²) in [7, 11) is 0. The predicted octanol–water partition coefficient (Wildman–Crippen LogP) is 3.89. The molecule has 0 aliphatic carbocycles. The molecule has 1 rings (SSSR count). The van der Waals surface area contributed by atoms with Crippen molar-refractivity contribution in [3.05, 3.63) is 23.8 Å². The summed E-state index contributed by atoms with van der Waals surface area (Å²) in [6.45, 7) is 2.58. The SMILES string of the molecule is CCCCCCCCNc1c(F)cnc(F)c1F.[B]. The van der Waals surface area contributed by atoms with Crippen molar-refractivity contribution in [1.29, 1.82) is 0 Å². The topological polar surface area (TPSA) is 24.9 Å². The van der Waals surface area contributed by atoms with E-state index in [1.165, 1.54) is 19.3 Å². The second-order valence-electron chi connectivity index (χ2n) is 4.28. The highest BCUT2D eigenvalue weighted by molar-refractivity contribution is 5.75. The Balaban J connectivity index is 0.00000324. The van der Waals surface area contributed by atoms with Gasteiger partial charge in [-0.15, -0.1) is 0 Å². The molecular formula is C13H19BF3N2. The minimum Gasteiger partial charge on any atom is -0.380 e. The Bertz CT molecular complexity index is 375. The third kappa shape index (κ3) is 5.99. The zero-order valence-electron chi connectivity index (χ0n) is 11.2. The predicted molar refractivity (Wildman–Crippen MR) is 71.7 cm³/mol. The maximum atomic E-state index is 13.2. The molecular weight excluding hydrogens is 252 g/mol. The molecule has 105 valence electrons. The molecule has 0 atom stereocenters. The quantitative estimate of drug-likeness (QED) is 0.440. The molecule has 1 N–H and O–H groups in total. The molecule has 0 unspecified atom stereocenters. The average Bonchev–Trinajstić information content (AvgIpc) is 2.36. The van der Waals surface area contributed by atoms with E-state index in [1.54, 1.807) is 0 Å². The largest absolute Gasteiger partial charge is 0.380 e. The Hall–Kier alpha value is -1.20. The molecule has 0 aliphatic rings. The summed E-state index contributed by atoms with van der Waals surface area (Å²) in [5.74, 6) is -3.39. The van der Waals surface area contributed by atoms with Crippen molar-refractivity contribution in [3.8, 4) is 0 Å². The molecule has 19 heavy (non-hydrogen) atoms. The van der Waals surface area contributed by atoms with Gasteiger partial charge in [-0.2, -0.15) is 8.78 Å². The van der Waals surface area contributed by atoms with Gasteiger partial charge in [0.05, 0.1) is 6.20 Å². The van der Waals surface area contributed by atoms with Gasteiger partial charge in [0.25, 0.3) is 5.95 Å². The minimum atomic E-state index is -1.28. The van der Waals surface area contributed by atoms with E-state index in [0.29, 0.717) is 12.7 Å². The molecule has 2 nitrogen and oxygen atoms in total. The van der Waals surface area contributed by atoms with Crippen LogP contribution in [0.5, 0.6) is 0 Å². The molecule has 0 bridgehead atoms. The first-order valence-electron chi connectivity index (χ1n) is 6.40. The maximum absolute atomic E-state index is 13.2. The molecule has 0 saturated carbocycles. The highest BCUT2D eigenvalue weighted by Crippen LogP contribution is 2.19. The van der Waals surface area contributed by atoms with Gasteiger partial charge in [0.2, 0.25) is 5.82 Å². The number of aromatic nitrogens is 1. The molecule has 6 heteroatoms. The molecule has 0 fully saturated rings. The Morgan fingerprint density at radius 1 is 1.05 bits per heavy atom. The average molecular weight is 271 g/mol. The molecule has 1 heterocycles. The fourth-order valence-electron chi connectivity index (χ4n) is 1.72. The van der Waals surface area contributed by atoms with Crippen LogP contribution in [-0.2, 0) is 0 Å². The lowest BCUT2D eigenvalue weighted by atomic mass is 10.1. The third-order valence-electron chi connectivity index (χ3n) is 2.76. The number of hydrogen-bond donors (Lipinski definition) is 1. The summed E-state index contributed by atoms with van der Waals surface area (Å²) >= 11 is 0. The molecule has 0 aromatic carbocycles. The number of halogens is 3. The van der Waals surface area contributed by atoms with Crippen LogP contribution < -0.4 is 5.32 Å². The van der Waals surface area contributed by atoms with Gasteiger partial charge in [0.1, 0.15) is 5.69 Å². The van der Waals surface area contributed by atoms with Crippen LogP contribution in [0.3, 0.4) is 0 Å². The fraction of sp³-hybridized carbons (Fsp3) is 0.615. The van der Waals surface area contributed by atoms with Crippen molar-refractivity contribution >= 4 is 14.1 Å². The lowest BCUT2D eigenvalue weighted by Crippen LogP contribution is -2.08. The Morgan fingerprint density at radius 2 is 1.68 bits per heavy atom. The summed E-state index contributed by atoms with van der Waals surface area (Å²) in [6, 6.07) is 0. The monoisotopic (exact) mass is 271 g/mol. The molecule has 1 aromatic heterocycles. The standard InChI is InChI=1S/C13H19F3N2.B/c1-2-3-4-5-6-7-8-17-12-10(14)9-18-13(16)11(12)15;/h9H,2-8H2,1H3,(H,17,18);. The summed E-state index contributed by atoms with van der Waals surface area (Å²) in [5, 5.41) is 2.58. The van der Waals surface area contributed by atoms with Gasteiger partial charge in [-0.25, -0.2) is 9.37 Å². The normalized spacial score (nSPS) is 10.1. The summed E-state index contributed by atoms with van der Waals surface area (Å²) in [4.78, 5) is 2.96. The summed E-state index contributed by atoms with van der Waals surface area (Å²) in [5.41, 5.74) is -0.420. The van der Waals surface area contributed by atoms with Crippen LogP contribution >= 0.6 is 0 Å². The number of nitrogens with zero attached hydrogens (tertiary/aromatic N) is 1. The van der Waals surface area contributed by atoms with Gasteiger partial charge < -0.3 is 5.32 Å². The van der Waals surface area contributed by atoms with Gasteiger partial charge >= 0.3 is 0 Å². The third-order valence-corrected chi connectivity index (χ3v) is 2.76. The lowest BCUT2D eigenvalue weighted by Gasteiger charge is -2.08. The zero-order chi connectivity index (χ0) is 13.4. The first-order valence-corrected chi connectivity index (χ1v) is 6.40. The van der Waals surface area contributed by atoms with Crippen LogP contribution in [-0.4, -0.2) is 19.9 Å². The molecule has 1 aromatic rings. The Kier molecular flexibility index (Phi) is 9.09. The molecule has 0 amide bonds. The van der Waals surface area contributed by atoms with Crippen molar-refractivity contribution < 1.29 is 13.2 Å². The highest BCUT2D eigenvalue weighted by Gasteiger charge is 2.14. The fourth-order valence-corrected chi connectivity index (χ4v) is 1.72. The second kappa shape index (κ2) is 9.70. The Labute approximate surface area is 114 Å². The van der Waals surface area contributed by atoms with Crippen LogP contribution in [0.4, 0.5) is 18.9 Å².